The van der Waals surface area contributed by atoms with Crippen LogP contribution in [-0.4, -0.2) is 40.1 Å². The Bertz CT molecular complexity index is 680. The van der Waals surface area contributed by atoms with Crippen LogP contribution >= 0.6 is 0 Å². The molecule has 5 heteroatoms. The Morgan fingerprint density at radius 1 is 1.33 bits per heavy atom. The van der Waals surface area contributed by atoms with Gasteiger partial charge in [-0.05, 0) is 25.7 Å². The molecule has 0 spiro atoms. The van der Waals surface area contributed by atoms with E-state index < -0.39 is 0 Å². The number of amides is 2. The minimum atomic E-state index is 0.0741. The molecule has 1 atom stereocenters. The summed E-state index contributed by atoms with van der Waals surface area (Å²) in [5.74, 6) is 1.50. The summed E-state index contributed by atoms with van der Waals surface area (Å²) in [5, 5.41) is 2.97. The van der Waals surface area contributed by atoms with Crippen molar-refractivity contribution in [2.45, 2.75) is 33.2 Å². The highest BCUT2D eigenvalue weighted by atomic mass is 16.2. The van der Waals surface area contributed by atoms with Crippen molar-refractivity contribution in [2.24, 2.45) is 5.92 Å². The molecule has 0 aliphatic carbocycles. The molecule has 0 saturated carbocycles. The number of nitrogens with one attached hydrogen (secondary N) is 1. The molecule has 1 aromatic heterocycles. The van der Waals surface area contributed by atoms with Crippen LogP contribution in [0.5, 0.6) is 0 Å². The third-order valence-electron chi connectivity index (χ3n) is 4.63. The first-order valence-corrected chi connectivity index (χ1v) is 8.79. The first-order chi connectivity index (χ1) is 11.7. The SMILES string of the molecule is CCCNC(=O)N1CCC(Cn2c(C)cnc2-c2ccccc2)C1. The standard InChI is InChI=1S/C19H26N4O/c1-3-10-20-19(24)22-11-9-16(13-22)14-23-15(2)12-21-18(23)17-7-5-4-6-8-17/h4-8,12,16H,3,9-11,13-14H2,1-2H3,(H,20,24). The number of carbonyl (C=O) groups is 1. The second kappa shape index (κ2) is 7.51. The molecule has 2 amide bonds. The lowest BCUT2D eigenvalue weighted by molar-refractivity contribution is 0.206. The molecule has 128 valence electrons. The summed E-state index contributed by atoms with van der Waals surface area (Å²) < 4.78 is 2.29. The fourth-order valence-electron chi connectivity index (χ4n) is 3.28. The molecule has 1 N–H and O–H groups in total. The van der Waals surface area contributed by atoms with Gasteiger partial charge in [-0.2, -0.15) is 0 Å². The number of urea groups is 1. The fraction of sp³-hybridized carbons (Fsp3) is 0.474. The maximum absolute atomic E-state index is 12.1. The molecule has 1 aromatic carbocycles. The molecule has 2 heterocycles. The molecule has 0 bridgehead atoms. The number of likely N-dealkylation sites (tertiary alicyclic amines) is 1. The summed E-state index contributed by atoms with van der Waals surface area (Å²) >= 11 is 0. The summed E-state index contributed by atoms with van der Waals surface area (Å²) in [5.41, 5.74) is 2.31. The van der Waals surface area contributed by atoms with Crippen LogP contribution in [-0.2, 0) is 6.54 Å². The van der Waals surface area contributed by atoms with E-state index in [1.54, 1.807) is 0 Å². The number of imidazole rings is 1. The van der Waals surface area contributed by atoms with E-state index >= 15 is 0 Å². The number of aromatic nitrogens is 2. The lowest BCUT2D eigenvalue weighted by Gasteiger charge is -2.18. The van der Waals surface area contributed by atoms with Gasteiger partial charge in [0.25, 0.3) is 0 Å². The second-order valence-corrected chi connectivity index (χ2v) is 6.53. The van der Waals surface area contributed by atoms with Crippen molar-refractivity contribution in [1.82, 2.24) is 19.8 Å². The van der Waals surface area contributed by atoms with E-state index in [1.165, 1.54) is 5.69 Å². The third-order valence-corrected chi connectivity index (χ3v) is 4.63. The van der Waals surface area contributed by atoms with Gasteiger partial charge in [0, 0.05) is 43.6 Å². The highest BCUT2D eigenvalue weighted by molar-refractivity contribution is 5.74. The monoisotopic (exact) mass is 326 g/mol. The smallest absolute Gasteiger partial charge is 0.317 e. The van der Waals surface area contributed by atoms with Gasteiger partial charge in [-0.15, -0.1) is 0 Å². The first-order valence-electron chi connectivity index (χ1n) is 8.79. The Balaban J connectivity index is 1.67. The van der Waals surface area contributed by atoms with Gasteiger partial charge in [-0.25, -0.2) is 9.78 Å². The minimum absolute atomic E-state index is 0.0741. The van der Waals surface area contributed by atoms with Crippen molar-refractivity contribution in [3.8, 4) is 11.4 Å². The molecule has 1 aliphatic rings. The Morgan fingerprint density at radius 2 is 2.12 bits per heavy atom. The largest absolute Gasteiger partial charge is 0.338 e. The second-order valence-electron chi connectivity index (χ2n) is 6.53. The summed E-state index contributed by atoms with van der Waals surface area (Å²) in [7, 11) is 0. The van der Waals surface area contributed by atoms with Crippen LogP contribution in [0.15, 0.2) is 36.5 Å². The van der Waals surface area contributed by atoms with Crippen molar-refractivity contribution < 1.29 is 4.79 Å². The number of benzene rings is 1. The van der Waals surface area contributed by atoms with Crippen LogP contribution in [0.1, 0.15) is 25.5 Å². The van der Waals surface area contributed by atoms with Crippen molar-refractivity contribution in [3.05, 3.63) is 42.2 Å². The van der Waals surface area contributed by atoms with Gasteiger partial charge < -0.3 is 14.8 Å². The number of carbonyl (C=O) groups excluding carboxylic acids is 1. The molecule has 1 aliphatic heterocycles. The average molecular weight is 326 g/mol. The van der Waals surface area contributed by atoms with Crippen molar-refractivity contribution in [1.29, 1.82) is 0 Å². The highest BCUT2D eigenvalue weighted by Crippen LogP contribution is 2.24. The third kappa shape index (κ3) is 3.61. The van der Waals surface area contributed by atoms with E-state index in [0.717, 1.165) is 50.4 Å². The van der Waals surface area contributed by atoms with Crippen LogP contribution in [0.3, 0.4) is 0 Å². The van der Waals surface area contributed by atoms with Crippen molar-refractivity contribution in [3.63, 3.8) is 0 Å². The summed E-state index contributed by atoms with van der Waals surface area (Å²) in [6.07, 6.45) is 3.95. The summed E-state index contributed by atoms with van der Waals surface area (Å²) in [6.45, 7) is 7.49. The Morgan fingerprint density at radius 3 is 2.88 bits per heavy atom. The Kier molecular flexibility index (Phi) is 5.18. The first kappa shape index (κ1) is 16.6. The van der Waals surface area contributed by atoms with Crippen LogP contribution in [0.25, 0.3) is 11.4 Å². The molecule has 2 aromatic rings. The lowest BCUT2D eigenvalue weighted by Crippen LogP contribution is -2.39. The van der Waals surface area contributed by atoms with Crippen LogP contribution in [0.2, 0.25) is 0 Å². The lowest BCUT2D eigenvalue weighted by atomic mass is 10.1. The van der Waals surface area contributed by atoms with Crippen LogP contribution in [0.4, 0.5) is 4.79 Å². The van der Waals surface area contributed by atoms with Gasteiger partial charge >= 0.3 is 6.03 Å². The zero-order valence-corrected chi connectivity index (χ0v) is 14.5. The zero-order chi connectivity index (χ0) is 16.9. The van der Waals surface area contributed by atoms with Gasteiger partial charge in [0.05, 0.1) is 0 Å². The van der Waals surface area contributed by atoms with E-state index in [-0.39, 0.29) is 6.03 Å². The molecule has 5 nitrogen and oxygen atoms in total. The van der Waals surface area contributed by atoms with Gasteiger partial charge in [-0.1, -0.05) is 37.3 Å². The molecular formula is C19H26N4O. The van der Waals surface area contributed by atoms with E-state index in [0.29, 0.717) is 5.92 Å². The van der Waals surface area contributed by atoms with Gasteiger partial charge in [0.1, 0.15) is 5.82 Å². The van der Waals surface area contributed by atoms with Gasteiger partial charge in [-0.3, -0.25) is 0 Å². The number of hydrogen-bond acceptors (Lipinski definition) is 2. The van der Waals surface area contributed by atoms with Crippen molar-refractivity contribution >= 4 is 6.03 Å². The van der Waals surface area contributed by atoms with Crippen LogP contribution < -0.4 is 5.32 Å². The normalized spacial score (nSPS) is 17.2. The number of hydrogen-bond donors (Lipinski definition) is 1. The molecular weight excluding hydrogens is 300 g/mol. The maximum atomic E-state index is 12.1. The minimum Gasteiger partial charge on any atom is -0.338 e. The highest BCUT2D eigenvalue weighted by Gasteiger charge is 2.27. The molecule has 1 unspecified atom stereocenters. The van der Waals surface area contributed by atoms with E-state index in [1.807, 2.05) is 29.3 Å². The Hall–Kier alpha value is -2.30. The molecule has 0 radical (unpaired) electrons. The predicted octanol–water partition coefficient (Wildman–Crippen LogP) is 3.30. The van der Waals surface area contributed by atoms with Gasteiger partial charge in [0.15, 0.2) is 0 Å². The molecule has 24 heavy (non-hydrogen) atoms. The molecule has 1 fully saturated rings. The topological polar surface area (TPSA) is 50.2 Å². The van der Waals surface area contributed by atoms with E-state index in [9.17, 15) is 4.79 Å². The number of aryl methyl sites for hydroxylation is 1. The zero-order valence-electron chi connectivity index (χ0n) is 14.5. The predicted molar refractivity (Wildman–Crippen MR) is 95.8 cm³/mol. The fourth-order valence-corrected chi connectivity index (χ4v) is 3.28. The quantitative estimate of drug-likeness (QED) is 0.916. The molecule has 3 rings (SSSR count). The summed E-state index contributed by atoms with van der Waals surface area (Å²) in [6, 6.07) is 10.4. The number of nitrogens with zero attached hydrogens (tertiary/aromatic N) is 3. The summed E-state index contributed by atoms with van der Waals surface area (Å²) in [4.78, 5) is 18.6. The van der Waals surface area contributed by atoms with Crippen LogP contribution in [0, 0.1) is 12.8 Å². The van der Waals surface area contributed by atoms with E-state index in [2.05, 4.69) is 40.8 Å². The Labute approximate surface area is 143 Å². The number of rotatable bonds is 5. The average Bonchev–Trinajstić information content (AvgIpc) is 3.22. The van der Waals surface area contributed by atoms with Crippen molar-refractivity contribution in [2.75, 3.05) is 19.6 Å². The maximum Gasteiger partial charge on any atom is 0.317 e. The molecule has 1 saturated heterocycles. The van der Waals surface area contributed by atoms with E-state index in [4.69, 9.17) is 0 Å². The van der Waals surface area contributed by atoms with Gasteiger partial charge in [0.2, 0.25) is 0 Å².